The predicted molar refractivity (Wildman–Crippen MR) is 88.1 cm³/mol. The molecule has 0 radical (unpaired) electrons. The van der Waals surface area contributed by atoms with Crippen molar-refractivity contribution in [2.45, 2.75) is 19.8 Å². The Balaban J connectivity index is 0.000000160. The van der Waals surface area contributed by atoms with Crippen LogP contribution in [-0.4, -0.2) is 28.5 Å². The molecule has 1 aromatic carbocycles. The monoisotopic (exact) mass is 318 g/mol. The zero-order valence-electron chi connectivity index (χ0n) is 12.7. The molecule has 2 aromatic rings. The molecule has 0 spiro atoms. The van der Waals surface area contributed by atoms with Gasteiger partial charge in [-0.15, -0.1) is 11.3 Å². The molecule has 3 rings (SSSR count). The van der Waals surface area contributed by atoms with Crippen LogP contribution in [0, 0.1) is 5.82 Å². The van der Waals surface area contributed by atoms with E-state index < -0.39 is 0 Å². The summed E-state index contributed by atoms with van der Waals surface area (Å²) in [7, 11) is 2.03. The minimum absolute atomic E-state index is 0.126. The molecular formula is C16H19FN4S. The van der Waals surface area contributed by atoms with Crippen LogP contribution >= 0.6 is 11.3 Å². The van der Waals surface area contributed by atoms with E-state index in [9.17, 15) is 4.39 Å². The Kier molecular flexibility index (Phi) is 6.21. The molecular weight excluding hydrogens is 299 g/mol. The summed E-state index contributed by atoms with van der Waals surface area (Å²) in [6.45, 7) is 3.06. The van der Waals surface area contributed by atoms with Crippen molar-refractivity contribution in [3.05, 3.63) is 58.8 Å². The molecule has 0 unspecified atom stereocenters. The van der Waals surface area contributed by atoms with Crippen LogP contribution < -0.4 is 4.90 Å². The van der Waals surface area contributed by atoms with Crippen molar-refractivity contribution in [2.24, 2.45) is 0 Å². The molecule has 0 aliphatic carbocycles. The van der Waals surface area contributed by atoms with E-state index >= 15 is 0 Å². The minimum Gasteiger partial charge on any atom is -0.374 e. The molecule has 0 fully saturated rings. The zero-order chi connectivity index (χ0) is 15.8. The van der Waals surface area contributed by atoms with E-state index in [0.29, 0.717) is 0 Å². The summed E-state index contributed by atoms with van der Waals surface area (Å²) in [5.41, 5.74) is 6.73. The lowest BCUT2D eigenvalue weighted by molar-refractivity contribution is 0.626. The van der Waals surface area contributed by atoms with Gasteiger partial charge in [0.2, 0.25) is 0 Å². The van der Waals surface area contributed by atoms with Crippen molar-refractivity contribution in [3.8, 4) is 0 Å². The second-order valence-corrected chi connectivity index (χ2v) is 5.50. The van der Waals surface area contributed by atoms with E-state index in [1.807, 2.05) is 20.0 Å². The fourth-order valence-electron chi connectivity index (χ4n) is 2.10. The number of anilines is 1. The van der Waals surface area contributed by atoms with E-state index in [1.54, 1.807) is 23.3 Å². The summed E-state index contributed by atoms with van der Waals surface area (Å²) in [6.07, 6.45) is 5.11. The number of fused-ring (bicyclic) bond motifs is 1. The van der Waals surface area contributed by atoms with Gasteiger partial charge in [-0.25, -0.2) is 19.3 Å². The number of hydrogen-bond donors (Lipinski definition) is 0. The van der Waals surface area contributed by atoms with Gasteiger partial charge in [-0.1, -0.05) is 6.92 Å². The maximum absolute atomic E-state index is 12.7. The smallest absolute Gasteiger partial charge is 0.123 e. The number of aromatic nitrogens is 3. The number of benzene rings is 1. The van der Waals surface area contributed by atoms with Crippen molar-refractivity contribution in [1.82, 2.24) is 15.0 Å². The Hall–Kier alpha value is -2.08. The van der Waals surface area contributed by atoms with E-state index in [0.717, 1.165) is 30.6 Å². The number of nitrogens with zero attached hydrogens (tertiary/aromatic N) is 4. The summed E-state index contributed by atoms with van der Waals surface area (Å²) in [4.78, 5) is 14.1. The van der Waals surface area contributed by atoms with Gasteiger partial charge < -0.3 is 4.90 Å². The molecule has 0 amide bonds. The van der Waals surface area contributed by atoms with Gasteiger partial charge in [0.15, 0.2) is 0 Å². The lowest BCUT2D eigenvalue weighted by Crippen LogP contribution is -2.12. The van der Waals surface area contributed by atoms with Gasteiger partial charge in [-0.05, 0) is 36.6 Å². The van der Waals surface area contributed by atoms with Crippen LogP contribution in [0.5, 0.6) is 0 Å². The standard InChI is InChI=1S/C9H10FN.C7H9N3S/c1-11-5-4-7-6-8(10)2-3-9(7)11;1-2-7-3-8-4-9-5-11-6-10-7/h2-3,6H,4-5H2,1H3;3-6H,2H2,1H3. The highest BCUT2D eigenvalue weighted by atomic mass is 32.1. The van der Waals surface area contributed by atoms with Gasteiger partial charge in [0.1, 0.15) is 12.1 Å². The molecule has 1 aliphatic rings. The molecule has 6 heteroatoms. The van der Waals surface area contributed by atoms with Gasteiger partial charge in [0.05, 0.1) is 22.9 Å². The molecule has 1 aromatic heterocycles. The lowest BCUT2D eigenvalue weighted by atomic mass is 10.2. The first-order chi connectivity index (χ1) is 10.7. The van der Waals surface area contributed by atoms with E-state index in [1.165, 1.54) is 29.4 Å². The van der Waals surface area contributed by atoms with Crippen molar-refractivity contribution >= 4 is 17.0 Å². The normalized spacial score (nSPS) is 12.0. The summed E-state index contributed by atoms with van der Waals surface area (Å²) in [6, 6.07) is 4.98. The number of rotatable bonds is 1. The quantitative estimate of drug-likeness (QED) is 0.808. The fourth-order valence-corrected chi connectivity index (χ4v) is 2.47. The van der Waals surface area contributed by atoms with Crippen LogP contribution in [0.4, 0.5) is 10.1 Å². The van der Waals surface area contributed by atoms with E-state index in [-0.39, 0.29) is 5.82 Å². The maximum atomic E-state index is 12.7. The lowest BCUT2D eigenvalue weighted by Gasteiger charge is -2.10. The van der Waals surface area contributed by atoms with E-state index in [2.05, 4.69) is 19.9 Å². The fraction of sp³-hybridized carbons (Fsp3) is 0.312. The highest BCUT2D eigenvalue weighted by molar-refractivity contribution is 7.06. The molecule has 4 nitrogen and oxygen atoms in total. The van der Waals surface area contributed by atoms with Crippen molar-refractivity contribution in [2.75, 3.05) is 18.5 Å². The van der Waals surface area contributed by atoms with Crippen LogP contribution in [0.3, 0.4) is 0 Å². The summed E-state index contributed by atoms with van der Waals surface area (Å²) < 4.78 is 12.7. The zero-order valence-corrected chi connectivity index (χ0v) is 13.6. The molecule has 0 bridgehead atoms. The van der Waals surface area contributed by atoms with Gasteiger partial charge >= 0.3 is 0 Å². The molecule has 0 saturated heterocycles. The Morgan fingerprint density at radius 3 is 2.95 bits per heavy atom. The average molecular weight is 318 g/mol. The first-order valence-corrected chi connectivity index (χ1v) is 8.05. The van der Waals surface area contributed by atoms with Gasteiger partial charge in [-0.3, -0.25) is 0 Å². The van der Waals surface area contributed by atoms with Gasteiger partial charge in [0.25, 0.3) is 0 Å². The second-order valence-electron chi connectivity index (χ2n) is 4.81. The summed E-state index contributed by atoms with van der Waals surface area (Å²) in [5, 5.41) is 0. The molecule has 0 N–H and O–H groups in total. The molecule has 1 aliphatic heterocycles. The molecule has 0 saturated carbocycles. The van der Waals surface area contributed by atoms with Crippen molar-refractivity contribution in [1.29, 1.82) is 0 Å². The minimum atomic E-state index is -0.126. The largest absolute Gasteiger partial charge is 0.374 e. The third-order valence-corrected chi connectivity index (χ3v) is 3.76. The maximum Gasteiger partial charge on any atom is 0.123 e. The topological polar surface area (TPSA) is 41.9 Å². The highest BCUT2D eigenvalue weighted by Gasteiger charge is 2.14. The first-order valence-electron chi connectivity index (χ1n) is 7.10. The van der Waals surface area contributed by atoms with E-state index in [4.69, 9.17) is 0 Å². The summed E-state index contributed by atoms with van der Waals surface area (Å²) >= 11 is 1.45. The van der Waals surface area contributed by atoms with Crippen LogP contribution in [-0.2, 0) is 12.8 Å². The second kappa shape index (κ2) is 8.38. The van der Waals surface area contributed by atoms with Crippen LogP contribution in [0.1, 0.15) is 18.2 Å². The number of hydrogen-bond acceptors (Lipinski definition) is 5. The van der Waals surface area contributed by atoms with Crippen LogP contribution in [0.2, 0.25) is 0 Å². The first kappa shape index (κ1) is 16.3. The van der Waals surface area contributed by atoms with Crippen LogP contribution in [0.15, 0.2) is 41.7 Å². The number of halogens is 1. The molecule has 0 atom stereocenters. The Labute approximate surface area is 134 Å². The predicted octanol–water partition coefficient (Wildman–Crippen LogP) is 3.44. The highest BCUT2D eigenvalue weighted by Crippen LogP contribution is 2.26. The SMILES string of the molecule is CCc1cncncscn1.CN1CCc2cc(F)ccc21. The van der Waals surface area contributed by atoms with Crippen molar-refractivity contribution in [3.63, 3.8) is 0 Å². The number of likely N-dealkylation sites (N-methyl/N-ethyl adjacent to an activating group) is 1. The summed E-state index contributed by atoms with van der Waals surface area (Å²) in [5.74, 6) is -0.126. The molecule has 22 heavy (non-hydrogen) atoms. The Morgan fingerprint density at radius 2 is 2.14 bits per heavy atom. The Morgan fingerprint density at radius 1 is 1.27 bits per heavy atom. The average Bonchev–Trinajstić information content (AvgIpc) is 2.94. The number of aryl methyl sites for hydroxylation is 1. The molecule has 116 valence electrons. The van der Waals surface area contributed by atoms with Gasteiger partial charge in [-0.2, -0.15) is 0 Å². The van der Waals surface area contributed by atoms with Crippen molar-refractivity contribution < 1.29 is 4.39 Å². The third-order valence-electron chi connectivity index (χ3n) is 3.29. The third kappa shape index (κ3) is 4.73. The van der Waals surface area contributed by atoms with Crippen LogP contribution in [0.25, 0.3) is 0 Å². The Bertz CT molecular complexity index is 634. The molecule has 2 heterocycles. The van der Waals surface area contributed by atoms with Gasteiger partial charge in [0, 0.05) is 19.3 Å².